The predicted octanol–water partition coefficient (Wildman–Crippen LogP) is 2.60. The Kier molecular flexibility index (Phi) is 7.87. The summed E-state index contributed by atoms with van der Waals surface area (Å²) in [6, 6.07) is 6.07. The summed E-state index contributed by atoms with van der Waals surface area (Å²) in [6.07, 6.45) is 0.642. The second kappa shape index (κ2) is 9.39. The van der Waals surface area contributed by atoms with E-state index in [0.29, 0.717) is 18.7 Å². The molecule has 0 atom stereocenters. The lowest BCUT2D eigenvalue weighted by Crippen LogP contribution is -2.23. The van der Waals surface area contributed by atoms with E-state index in [9.17, 15) is 13.6 Å². The molecule has 0 saturated carbocycles. The SMILES string of the molecule is Cl.NCCc1nc(C(=O)NCc2ccc(OC(F)F)cc2)cs1. The number of hydrogen-bond acceptors (Lipinski definition) is 5. The first-order valence-electron chi connectivity index (χ1n) is 6.55. The standard InChI is InChI=1S/C14H15F2N3O2S.ClH/c15-14(16)21-10-3-1-9(2-4-10)7-18-13(20)11-8-22-12(19-11)5-6-17;/h1-4,8,14H,5-7,17H2,(H,18,20);1H. The van der Waals surface area contributed by atoms with Gasteiger partial charge >= 0.3 is 6.61 Å². The van der Waals surface area contributed by atoms with Crippen LogP contribution in [0.1, 0.15) is 21.1 Å². The van der Waals surface area contributed by atoms with Gasteiger partial charge in [0.2, 0.25) is 0 Å². The second-order valence-electron chi connectivity index (χ2n) is 4.37. The Morgan fingerprint density at radius 1 is 1.35 bits per heavy atom. The summed E-state index contributed by atoms with van der Waals surface area (Å²) in [5.74, 6) is -0.205. The fourth-order valence-corrected chi connectivity index (χ4v) is 2.51. The summed E-state index contributed by atoms with van der Waals surface area (Å²) < 4.78 is 28.3. The first kappa shape index (κ1) is 19.3. The molecule has 0 radical (unpaired) electrons. The topological polar surface area (TPSA) is 77.2 Å². The number of carbonyl (C=O) groups is 1. The number of nitrogens with one attached hydrogen (secondary N) is 1. The molecule has 2 rings (SSSR count). The molecule has 0 fully saturated rings. The van der Waals surface area contributed by atoms with Crippen LogP contribution in [0.5, 0.6) is 5.75 Å². The monoisotopic (exact) mass is 363 g/mol. The molecule has 5 nitrogen and oxygen atoms in total. The number of carbonyl (C=O) groups excluding carboxylic acids is 1. The lowest BCUT2D eigenvalue weighted by atomic mass is 10.2. The Bertz CT molecular complexity index is 623. The molecule has 1 amide bonds. The van der Waals surface area contributed by atoms with Crippen LogP contribution in [0.2, 0.25) is 0 Å². The minimum absolute atomic E-state index is 0. The van der Waals surface area contributed by atoms with Gasteiger partial charge in [-0.3, -0.25) is 4.79 Å². The van der Waals surface area contributed by atoms with Crippen LogP contribution in [0.25, 0.3) is 0 Å². The molecule has 0 aliphatic rings. The maximum Gasteiger partial charge on any atom is 0.387 e. The Morgan fingerprint density at radius 3 is 2.65 bits per heavy atom. The molecule has 1 heterocycles. The first-order chi connectivity index (χ1) is 10.6. The van der Waals surface area contributed by atoms with Gasteiger partial charge in [-0.25, -0.2) is 4.98 Å². The molecule has 0 saturated heterocycles. The quantitative estimate of drug-likeness (QED) is 0.792. The highest BCUT2D eigenvalue weighted by molar-refractivity contribution is 7.09. The highest BCUT2D eigenvalue weighted by Gasteiger charge is 2.10. The number of thiazole rings is 1. The number of nitrogens with two attached hydrogens (primary N) is 1. The van der Waals surface area contributed by atoms with Crippen LogP contribution in [0, 0.1) is 0 Å². The van der Waals surface area contributed by atoms with Gasteiger partial charge in [0, 0.05) is 18.3 Å². The van der Waals surface area contributed by atoms with Crippen LogP contribution >= 0.6 is 23.7 Å². The second-order valence-corrected chi connectivity index (χ2v) is 5.31. The van der Waals surface area contributed by atoms with Gasteiger partial charge in [-0.15, -0.1) is 23.7 Å². The van der Waals surface area contributed by atoms with Crippen molar-refractivity contribution in [3.8, 4) is 5.75 Å². The lowest BCUT2D eigenvalue weighted by Gasteiger charge is -2.06. The Morgan fingerprint density at radius 2 is 2.04 bits per heavy atom. The average Bonchev–Trinajstić information content (AvgIpc) is 2.95. The summed E-state index contributed by atoms with van der Waals surface area (Å²) in [5, 5.41) is 5.22. The van der Waals surface area contributed by atoms with Crippen molar-refractivity contribution in [2.75, 3.05) is 6.54 Å². The molecule has 0 spiro atoms. The van der Waals surface area contributed by atoms with Crippen LogP contribution in [0.4, 0.5) is 8.78 Å². The summed E-state index contributed by atoms with van der Waals surface area (Å²) >= 11 is 1.39. The zero-order valence-electron chi connectivity index (χ0n) is 12.0. The van der Waals surface area contributed by atoms with Gasteiger partial charge in [0.1, 0.15) is 11.4 Å². The summed E-state index contributed by atoms with van der Waals surface area (Å²) in [7, 11) is 0. The number of amides is 1. The van der Waals surface area contributed by atoms with Gasteiger partial charge in [0.25, 0.3) is 5.91 Å². The molecule has 0 aliphatic carbocycles. The average molecular weight is 364 g/mol. The van der Waals surface area contributed by atoms with Gasteiger partial charge in [0.15, 0.2) is 0 Å². The number of nitrogens with zero attached hydrogens (tertiary/aromatic N) is 1. The molecule has 0 unspecified atom stereocenters. The van der Waals surface area contributed by atoms with E-state index in [2.05, 4.69) is 15.0 Å². The molecule has 2 aromatic rings. The third-order valence-corrected chi connectivity index (χ3v) is 3.65. The van der Waals surface area contributed by atoms with Crippen LogP contribution < -0.4 is 15.8 Å². The van der Waals surface area contributed by atoms with Gasteiger partial charge in [0.05, 0.1) is 5.01 Å². The van der Waals surface area contributed by atoms with Gasteiger partial charge in [-0.2, -0.15) is 8.78 Å². The summed E-state index contributed by atoms with van der Waals surface area (Å²) in [4.78, 5) is 16.1. The van der Waals surface area contributed by atoms with E-state index >= 15 is 0 Å². The highest BCUT2D eigenvalue weighted by atomic mass is 35.5. The van der Waals surface area contributed by atoms with E-state index in [1.807, 2.05) is 0 Å². The van der Waals surface area contributed by atoms with Crippen LogP contribution in [-0.4, -0.2) is 24.0 Å². The summed E-state index contributed by atoms with van der Waals surface area (Å²) in [6.45, 7) is -2.09. The van der Waals surface area contributed by atoms with Crippen molar-refractivity contribution >= 4 is 29.7 Å². The molecule has 0 bridgehead atoms. The third kappa shape index (κ3) is 6.09. The molecule has 9 heteroatoms. The first-order valence-corrected chi connectivity index (χ1v) is 7.43. The number of aromatic nitrogens is 1. The number of alkyl halides is 2. The number of benzene rings is 1. The molecular formula is C14H16ClF2N3O2S. The largest absolute Gasteiger partial charge is 0.435 e. The molecule has 3 N–H and O–H groups in total. The van der Waals surface area contributed by atoms with E-state index in [-0.39, 0.29) is 30.6 Å². The normalized spacial score (nSPS) is 10.3. The maximum absolute atomic E-state index is 12.0. The number of rotatable bonds is 7. The predicted molar refractivity (Wildman–Crippen MR) is 86.4 cm³/mol. The van der Waals surface area contributed by atoms with Gasteiger partial charge in [-0.05, 0) is 24.2 Å². The van der Waals surface area contributed by atoms with Crippen molar-refractivity contribution in [3.63, 3.8) is 0 Å². The van der Waals surface area contributed by atoms with E-state index < -0.39 is 6.61 Å². The minimum Gasteiger partial charge on any atom is -0.435 e. The van der Waals surface area contributed by atoms with Crippen molar-refractivity contribution in [1.82, 2.24) is 10.3 Å². The third-order valence-electron chi connectivity index (χ3n) is 2.74. The highest BCUT2D eigenvalue weighted by Crippen LogP contribution is 2.15. The van der Waals surface area contributed by atoms with Crippen molar-refractivity contribution in [3.05, 3.63) is 45.9 Å². The lowest BCUT2D eigenvalue weighted by molar-refractivity contribution is -0.0498. The van der Waals surface area contributed by atoms with Gasteiger partial charge < -0.3 is 15.8 Å². The number of ether oxygens (including phenoxy) is 1. The Labute approximate surface area is 142 Å². The number of hydrogen-bond donors (Lipinski definition) is 2. The van der Waals surface area contributed by atoms with Crippen molar-refractivity contribution in [2.45, 2.75) is 19.6 Å². The van der Waals surface area contributed by atoms with E-state index in [1.54, 1.807) is 17.5 Å². The minimum atomic E-state index is -2.85. The molecule has 23 heavy (non-hydrogen) atoms. The van der Waals surface area contributed by atoms with Crippen LogP contribution in [0.15, 0.2) is 29.6 Å². The van der Waals surface area contributed by atoms with Crippen LogP contribution in [0.3, 0.4) is 0 Å². The van der Waals surface area contributed by atoms with Crippen LogP contribution in [-0.2, 0) is 13.0 Å². The zero-order chi connectivity index (χ0) is 15.9. The molecule has 126 valence electrons. The fourth-order valence-electron chi connectivity index (χ4n) is 1.72. The van der Waals surface area contributed by atoms with Crippen molar-refractivity contribution in [1.29, 1.82) is 0 Å². The zero-order valence-corrected chi connectivity index (χ0v) is 13.6. The van der Waals surface area contributed by atoms with E-state index in [1.165, 1.54) is 23.5 Å². The smallest absolute Gasteiger partial charge is 0.387 e. The Balaban J connectivity index is 0.00000264. The summed E-state index contributed by atoms with van der Waals surface area (Å²) in [5.41, 5.74) is 6.56. The molecule has 1 aromatic carbocycles. The molecular weight excluding hydrogens is 348 g/mol. The number of halogens is 3. The van der Waals surface area contributed by atoms with Gasteiger partial charge in [-0.1, -0.05) is 12.1 Å². The van der Waals surface area contributed by atoms with E-state index in [0.717, 1.165) is 10.6 Å². The van der Waals surface area contributed by atoms with Crippen molar-refractivity contribution < 1.29 is 18.3 Å². The Hall–Kier alpha value is -1.77. The maximum atomic E-state index is 12.0. The molecule has 1 aromatic heterocycles. The molecule has 0 aliphatic heterocycles. The van der Waals surface area contributed by atoms with Crippen molar-refractivity contribution in [2.24, 2.45) is 5.73 Å². The van der Waals surface area contributed by atoms with E-state index in [4.69, 9.17) is 5.73 Å². The fraction of sp³-hybridized carbons (Fsp3) is 0.286.